The first kappa shape index (κ1) is 26.7. The number of benzene rings is 3. The Morgan fingerprint density at radius 3 is 1.85 bits per heavy atom. The Bertz CT molecular complexity index is 1500. The van der Waals surface area contributed by atoms with E-state index in [4.69, 9.17) is 13.9 Å². The third kappa shape index (κ3) is 5.35. The molecule has 1 spiro atoms. The Morgan fingerprint density at radius 1 is 0.821 bits per heavy atom. The molecule has 0 aliphatic carbocycles. The summed E-state index contributed by atoms with van der Waals surface area (Å²) in [4.78, 5) is 2.06. The SMILES string of the molecule is C[Si](C)(C)OC(c1ccc(C#N)cc1)N1C=CSC12OC(c1ccc(C#N)cc1)OC2c1ccc(C#N)cc1. The lowest BCUT2D eigenvalue weighted by molar-refractivity contribution is -0.131. The molecule has 39 heavy (non-hydrogen) atoms. The standard InChI is InChI=1S/C30H26N4O3SSi/c1-39(2,3)37-28(25-12-6-22(19-32)7-13-25)34-16-17-38-30(34)27(24-10-4-21(18-31)5-11-24)35-29(36-30)26-14-8-23(20-33)9-15-26/h4-17,27-29H,1-3H3. The van der Waals surface area contributed by atoms with E-state index in [9.17, 15) is 15.8 Å². The lowest BCUT2D eigenvalue weighted by atomic mass is 10.0. The third-order valence-corrected chi connectivity index (χ3v) is 8.43. The smallest absolute Gasteiger partial charge is 0.229 e. The highest BCUT2D eigenvalue weighted by molar-refractivity contribution is 8.03. The normalized spacial score (nSPS) is 22.8. The summed E-state index contributed by atoms with van der Waals surface area (Å²) in [7, 11) is -2.08. The van der Waals surface area contributed by atoms with Crippen LogP contribution < -0.4 is 0 Å². The van der Waals surface area contributed by atoms with Crippen molar-refractivity contribution in [2.24, 2.45) is 0 Å². The summed E-state index contributed by atoms with van der Waals surface area (Å²) in [5, 5.41) is 28.9. The highest BCUT2D eigenvalue weighted by atomic mass is 32.2. The molecular weight excluding hydrogens is 525 g/mol. The minimum atomic E-state index is -2.08. The largest absolute Gasteiger partial charge is 0.394 e. The van der Waals surface area contributed by atoms with Crippen molar-refractivity contribution in [1.29, 1.82) is 15.8 Å². The Kier molecular flexibility index (Phi) is 7.33. The maximum absolute atomic E-state index is 9.33. The zero-order valence-electron chi connectivity index (χ0n) is 21.7. The Morgan fingerprint density at radius 2 is 1.33 bits per heavy atom. The fourth-order valence-electron chi connectivity index (χ4n) is 4.56. The number of thioether (sulfide) groups is 1. The molecule has 5 rings (SSSR count). The van der Waals surface area contributed by atoms with Gasteiger partial charge in [-0.05, 0) is 67.0 Å². The number of nitriles is 3. The quantitative estimate of drug-likeness (QED) is 0.308. The average molecular weight is 551 g/mol. The van der Waals surface area contributed by atoms with E-state index in [1.54, 1.807) is 36.4 Å². The van der Waals surface area contributed by atoms with Crippen LogP contribution in [-0.2, 0) is 13.9 Å². The van der Waals surface area contributed by atoms with Gasteiger partial charge in [0.15, 0.2) is 14.6 Å². The van der Waals surface area contributed by atoms with E-state index in [0.29, 0.717) is 16.7 Å². The first-order valence-electron chi connectivity index (χ1n) is 12.4. The molecule has 0 aromatic heterocycles. The minimum Gasteiger partial charge on any atom is -0.394 e. The van der Waals surface area contributed by atoms with Crippen LogP contribution in [0.15, 0.2) is 84.4 Å². The van der Waals surface area contributed by atoms with E-state index < -0.39 is 32.0 Å². The minimum absolute atomic E-state index is 0.500. The van der Waals surface area contributed by atoms with Crippen LogP contribution in [0.4, 0.5) is 0 Å². The van der Waals surface area contributed by atoms with Gasteiger partial charge in [0.25, 0.3) is 0 Å². The van der Waals surface area contributed by atoms with Gasteiger partial charge in [0.05, 0.1) is 34.9 Å². The summed E-state index contributed by atoms with van der Waals surface area (Å²) in [5.41, 5.74) is 4.23. The number of nitrogens with zero attached hydrogens (tertiary/aromatic N) is 4. The van der Waals surface area contributed by atoms with E-state index in [-0.39, 0.29) is 0 Å². The van der Waals surface area contributed by atoms with Crippen LogP contribution in [0.5, 0.6) is 0 Å². The monoisotopic (exact) mass is 550 g/mol. The number of rotatable bonds is 6. The molecule has 0 bridgehead atoms. The summed E-state index contributed by atoms with van der Waals surface area (Å²) in [5.74, 6) is 0. The predicted octanol–water partition coefficient (Wildman–Crippen LogP) is 6.81. The molecule has 7 nitrogen and oxygen atoms in total. The highest BCUT2D eigenvalue weighted by Gasteiger charge is 2.58. The van der Waals surface area contributed by atoms with Crippen molar-refractivity contribution in [1.82, 2.24) is 4.90 Å². The number of hydrogen-bond acceptors (Lipinski definition) is 8. The van der Waals surface area contributed by atoms with Crippen LogP contribution in [0.1, 0.15) is 52.0 Å². The summed E-state index contributed by atoms with van der Waals surface area (Å²) in [6, 6.07) is 28.4. The molecule has 3 aromatic rings. The van der Waals surface area contributed by atoms with Crippen molar-refractivity contribution in [2.75, 3.05) is 0 Å². The molecule has 0 radical (unpaired) electrons. The van der Waals surface area contributed by atoms with E-state index in [2.05, 4.69) is 42.7 Å². The first-order valence-corrected chi connectivity index (χ1v) is 16.7. The van der Waals surface area contributed by atoms with Gasteiger partial charge in [0.1, 0.15) is 12.3 Å². The van der Waals surface area contributed by atoms with Gasteiger partial charge in [-0.15, -0.1) is 0 Å². The topological polar surface area (TPSA) is 102 Å². The van der Waals surface area contributed by atoms with Gasteiger partial charge >= 0.3 is 0 Å². The van der Waals surface area contributed by atoms with Crippen LogP contribution >= 0.6 is 11.8 Å². The number of ether oxygens (including phenoxy) is 2. The van der Waals surface area contributed by atoms with Crippen molar-refractivity contribution < 1.29 is 13.9 Å². The zero-order chi connectivity index (χ0) is 27.6. The molecule has 194 valence electrons. The molecule has 2 aliphatic rings. The fourth-order valence-corrected chi connectivity index (χ4v) is 6.61. The zero-order valence-corrected chi connectivity index (χ0v) is 23.6. The van der Waals surface area contributed by atoms with Crippen LogP contribution in [0.25, 0.3) is 0 Å². The maximum atomic E-state index is 9.33. The van der Waals surface area contributed by atoms with E-state index in [1.165, 1.54) is 11.8 Å². The molecule has 1 fully saturated rings. The van der Waals surface area contributed by atoms with Gasteiger partial charge in [-0.3, -0.25) is 0 Å². The molecule has 2 aliphatic heterocycles. The Balaban J connectivity index is 1.60. The van der Waals surface area contributed by atoms with Crippen LogP contribution in [0.2, 0.25) is 19.6 Å². The lowest BCUT2D eigenvalue weighted by Crippen LogP contribution is -2.48. The van der Waals surface area contributed by atoms with Crippen molar-refractivity contribution in [3.05, 3.63) is 118 Å². The van der Waals surface area contributed by atoms with Crippen molar-refractivity contribution >= 4 is 20.1 Å². The highest BCUT2D eigenvalue weighted by Crippen LogP contribution is 2.59. The molecule has 9 heteroatoms. The van der Waals surface area contributed by atoms with Crippen molar-refractivity contribution in [2.45, 2.75) is 43.3 Å². The van der Waals surface area contributed by atoms with Crippen molar-refractivity contribution in [3.8, 4) is 18.2 Å². The second-order valence-corrected chi connectivity index (χ2v) is 15.7. The van der Waals surface area contributed by atoms with Gasteiger partial charge in [-0.25, -0.2) is 0 Å². The van der Waals surface area contributed by atoms with Crippen molar-refractivity contribution in [3.63, 3.8) is 0 Å². The first-order chi connectivity index (χ1) is 18.8. The summed E-state index contributed by atoms with van der Waals surface area (Å²) < 4.78 is 20.2. The third-order valence-electron chi connectivity index (χ3n) is 6.38. The summed E-state index contributed by atoms with van der Waals surface area (Å²) in [6.45, 7) is 6.40. The molecule has 4 unspecified atom stereocenters. The molecular formula is C30H26N4O3SSi. The molecule has 0 saturated carbocycles. The predicted molar refractivity (Wildman–Crippen MR) is 150 cm³/mol. The fraction of sp³-hybridized carbons (Fsp3) is 0.233. The second-order valence-electron chi connectivity index (χ2n) is 10.2. The molecule has 0 amide bonds. The van der Waals surface area contributed by atoms with Gasteiger partial charge in [-0.2, -0.15) is 15.8 Å². The second kappa shape index (κ2) is 10.7. The maximum Gasteiger partial charge on any atom is 0.229 e. The average Bonchev–Trinajstić information content (AvgIpc) is 3.55. The molecule has 0 N–H and O–H groups in total. The Labute approximate surface area is 233 Å². The molecule has 2 heterocycles. The lowest BCUT2D eigenvalue weighted by Gasteiger charge is -2.43. The van der Waals surface area contributed by atoms with Gasteiger partial charge in [0, 0.05) is 17.3 Å². The molecule has 3 aromatic carbocycles. The summed E-state index contributed by atoms with van der Waals surface area (Å²) in [6.07, 6.45) is 0.216. The van der Waals surface area contributed by atoms with Crippen LogP contribution in [0.3, 0.4) is 0 Å². The molecule has 4 atom stereocenters. The van der Waals surface area contributed by atoms with E-state index in [1.807, 2.05) is 48.0 Å². The van der Waals surface area contributed by atoms with Crippen LogP contribution in [-0.4, -0.2) is 18.3 Å². The van der Waals surface area contributed by atoms with E-state index in [0.717, 1.165) is 16.7 Å². The number of hydrogen-bond donors (Lipinski definition) is 0. The van der Waals surface area contributed by atoms with Gasteiger partial charge < -0.3 is 18.8 Å². The molecule has 1 saturated heterocycles. The van der Waals surface area contributed by atoms with E-state index >= 15 is 0 Å². The van der Waals surface area contributed by atoms with Gasteiger partial charge in [-0.1, -0.05) is 48.2 Å². The Hall–Kier alpha value is -3.88. The van der Waals surface area contributed by atoms with Crippen LogP contribution in [0, 0.1) is 34.0 Å². The summed E-state index contributed by atoms with van der Waals surface area (Å²) >= 11 is 1.50. The van der Waals surface area contributed by atoms with Gasteiger partial charge in [0.2, 0.25) is 5.06 Å².